The van der Waals surface area contributed by atoms with Crippen LogP contribution in [0.25, 0.3) is 0 Å². The number of rotatable bonds is 9. The molecule has 0 aliphatic carbocycles. The SMILES string of the molecule is COCCN(CCNCc1ccc(OC)cc1Br)C(=O)OC(C)(C)C. The lowest BCUT2D eigenvalue weighted by Crippen LogP contribution is -2.42. The lowest BCUT2D eigenvalue weighted by atomic mass is 10.2. The highest BCUT2D eigenvalue weighted by atomic mass is 79.9. The van der Waals surface area contributed by atoms with Gasteiger partial charge in [0.1, 0.15) is 11.4 Å². The maximum Gasteiger partial charge on any atom is 0.410 e. The molecule has 0 bridgehead atoms. The van der Waals surface area contributed by atoms with Crippen LogP contribution in [0.15, 0.2) is 22.7 Å². The van der Waals surface area contributed by atoms with E-state index in [-0.39, 0.29) is 6.09 Å². The monoisotopic (exact) mass is 416 g/mol. The summed E-state index contributed by atoms with van der Waals surface area (Å²) in [4.78, 5) is 13.9. The summed E-state index contributed by atoms with van der Waals surface area (Å²) in [5, 5.41) is 3.34. The van der Waals surface area contributed by atoms with Crippen molar-refractivity contribution in [1.29, 1.82) is 0 Å². The van der Waals surface area contributed by atoms with Crippen molar-refractivity contribution >= 4 is 22.0 Å². The minimum Gasteiger partial charge on any atom is -0.497 e. The zero-order chi connectivity index (χ0) is 18.9. The fourth-order valence-corrected chi connectivity index (χ4v) is 2.56. The first-order valence-electron chi connectivity index (χ1n) is 8.27. The standard InChI is InChI=1S/C18H29BrN2O4/c1-18(2,3)25-17(22)21(10-11-23-4)9-8-20-13-14-6-7-15(24-5)12-16(14)19/h6-7,12,20H,8-11,13H2,1-5H3. The molecule has 0 unspecified atom stereocenters. The molecule has 1 aromatic carbocycles. The lowest BCUT2D eigenvalue weighted by molar-refractivity contribution is 0.0204. The molecule has 1 aromatic rings. The zero-order valence-electron chi connectivity index (χ0n) is 15.7. The van der Waals surface area contributed by atoms with Gasteiger partial charge in [0.15, 0.2) is 0 Å². The van der Waals surface area contributed by atoms with Crippen molar-refractivity contribution < 1.29 is 19.0 Å². The summed E-state index contributed by atoms with van der Waals surface area (Å²) in [6.45, 7) is 8.45. The Morgan fingerprint density at radius 2 is 1.96 bits per heavy atom. The molecule has 0 atom stereocenters. The van der Waals surface area contributed by atoms with Crippen molar-refractivity contribution in [3.8, 4) is 5.75 Å². The summed E-state index contributed by atoms with van der Waals surface area (Å²) in [5.41, 5.74) is 0.616. The van der Waals surface area contributed by atoms with E-state index < -0.39 is 5.60 Å². The molecule has 6 nitrogen and oxygen atoms in total. The molecule has 0 spiro atoms. The molecule has 1 rings (SSSR count). The van der Waals surface area contributed by atoms with Gasteiger partial charge in [0.25, 0.3) is 0 Å². The molecule has 1 N–H and O–H groups in total. The Hall–Kier alpha value is -1.31. The number of amides is 1. The van der Waals surface area contributed by atoms with Crippen LogP contribution in [0, 0.1) is 0 Å². The second-order valence-corrected chi connectivity index (χ2v) is 7.45. The number of carbonyl (C=O) groups excluding carboxylic acids is 1. The van der Waals surface area contributed by atoms with Crippen molar-refractivity contribution in [3.63, 3.8) is 0 Å². The van der Waals surface area contributed by atoms with Crippen molar-refractivity contribution in [3.05, 3.63) is 28.2 Å². The fraction of sp³-hybridized carbons (Fsp3) is 0.611. The number of ether oxygens (including phenoxy) is 3. The zero-order valence-corrected chi connectivity index (χ0v) is 17.3. The maximum absolute atomic E-state index is 12.3. The van der Waals surface area contributed by atoms with Gasteiger partial charge in [-0.1, -0.05) is 22.0 Å². The third-order valence-corrected chi connectivity index (χ3v) is 4.09. The average Bonchev–Trinajstić information content (AvgIpc) is 2.53. The lowest BCUT2D eigenvalue weighted by Gasteiger charge is -2.27. The number of benzene rings is 1. The van der Waals surface area contributed by atoms with E-state index in [1.54, 1.807) is 19.1 Å². The number of nitrogens with zero attached hydrogens (tertiary/aromatic N) is 1. The van der Waals surface area contributed by atoms with Crippen LogP contribution in [0.2, 0.25) is 0 Å². The minimum absolute atomic E-state index is 0.322. The third-order valence-electron chi connectivity index (χ3n) is 3.35. The first-order valence-corrected chi connectivity index (χ1v) is 9.06. The van der Waals surface area contributed by atoms with Gasteiger partial charge >= 0.3 is 6.09 Å². The highest BCUT2D eigenvalue weighted by molar-refractivity contribution is 9.10. The van der Waals surface area contributed by atoms with Gasteiger partial charge in [-0.05, 0) is 38.5 Å². The van der Waals surface area contributed by atoms with E-state index >= 15 is 0 Å². The molecule has 1 amide bonds. The van der Waals surface area contributed by atoms with Crippen LogP contribution in [-0.2, 0) is 16.0 Å². The van der Waals surface area contributed by atoms with Crippen LogP contribution in [0.5, 0.6) is 5.75 Å². The quantitative estimate of drug-likeness (QED) is 0.624. The van der Waals surface area contributed by atoms with Gasteiger partial charge in [0.2, 0.25) is 0 Å². The van der Waals surface area contributed by atoms with Gasteiger partial charge < -0.3 is 24.4 Å². The fourth-order valence-electron chi connectivity index (χ4n) is 2.06. The second-order valence-electron chi connectivity index (χ2n) is 6.59. The largest absolute Gasteiger partial charge is 0.497 e. The van der Waals surface area contributed by atoms with Gasteiger partial charge in [-0.15, -0.1) is 0 Å². The van der Waals surface area contributed by atoms with E-state index in [2.05, 4.69) is 21.2 Å². The molecule has 0 aliphatic rings. The van der Waals surface area contributed by atoms with Crippen LogP contribution in [-0.4, -0.2) is 57.1 Å². The number of halogens is 1. The Morgan fingerprint density at radius 3 is 2.52 bits per heavy atom. The first-order chi connectivity index (χ1) is 11.8. The van der Waals surface area contributed by atoms with E-state index in [1.807, 2.05) is 39.0 Å². The molecule has 7 heteroatoms. The smallest absolute Gasteiger partial charge is 0.410 e. The predicted octanol–water partition coefficient (Wildman–Crippen LogP) is 3.43. The van der Waals surface area contributed by atoms with E-state index in [9.17, 15) is 4.79 Å². The summed E-state index contributed by atoms with van der Waals surface area (Å²) in [7, 11) is 3.26. The Labute approximate surface area is 158 Å². The molecular weight excluding hydrogens is 388 g/mol. The highest BCUT2D eigenvalue weighted by Gasteiger charge is 2.21. The molecule has 0 saturated heterocycles. The number of methoxy groups -OCH3 is 2. The van der Waals surface area contributed by atoms with E-state index in [0.29, 0.717) is 32.8 Å². The predicted molar refractivity (Wildman–Crippen MR) is 102 cm³/mol. The van der Waals surface area contributed by atoms with E-state index in [0.717, 1.165) is 15.8 Å². The van der Waals surface area contributed by atoms with Gasteiger partial charge in [-0.25, -0.2) is 4.79 Å². The highest BCUT2D eigenvalue weighted by Crippen LogP contribution is 2.22. The average molecular weight is 417 g/mol. The number of hydrogen-bond acceptors (Lipinski definition) is 5. The number of carbonyl (C=O) groups is 1. The van der Waals surface area contributed by atoms with Crippen molar-refractivity contribution in [2.45, 2.75) is 32.9 Å². The summed E-state index contributed by atoms with van der Waals surface area (Å²) >= 11 is 3.54. The van der Waals surface area contributed by atoms with Crippen molar-refractivity contribution in [2.24, 2.45) is 0 Å². The topological polar surface area (TPSA) is 60.0 Å². The molecule has 0 heterocycles. The molecule has 0 fully saturated rings. The molecule has 0 radical (unpaired) electrons. The molecule has 0 saturated carbocycles. The first kappa shape index (κ1) is 21.7. The van der Waals surface area contributed by atoms with Crippen molar-refractivity contribution in [1.82, 2.24) is 10.2 Å². The van der Waals surface area contributed by atoms with Crippen LogP contribution >= 0.6 is 15.9 Å². The second kappa shape index (κ2) is 10.6. The number of nitrogens with one attached hydrogen (secondary N) is 1. The summed E-state index contributed by atoms with van der Waals surface area (Å²) < 4.78 is 16.7. The van der Waals surface area contributed by atoms with Crippen LogP contribution in [0.1, 0.15) is 26.3 Å². The number of hydrogen-bond donors (Lipinski definition) is 1. The summed E-state index contributed by atoms with van der Waals surface area (Å²) in [6, 6.07) is 5.86. The molecule has 0 aliphatic heterocycles. The van der Waals surface area contributed by atoms with Gasteiger partial charge in [0.05, 0.1) is 13.7 Å². The Morgan fingerprint density at radius 1 is 1.24 bits per heavy atom. The summed E-state index contributed by atoms with van der Waals surface area (Å²) in [6.07, 6.45) is -0.322. The minimum atomic E-state index is -0.510. The van der Waals surface area contributed by atoms with Crippen LogP contribution in [0.4, 0.5) is 4.79 Å². The Kier molecular flexibility index (Phi) is 9.24. The Bertz CT molecular complexity index is 546. The molecule has 25 heavy (non-hydrogen) atoms. The maximum atomic E-state index is 12.3. The van der Waals surface area contributed by atoms with E-state index in [1.165, 1.54) is 0 Å². The van der Waals surface area contributed by atoms with Gasteiger partial charge in [0, 0.05) is 37.8 Å². The van der Waals surface area contributed by atoms with E-state index in [4.69, 9.17) is 14.2 Å². The third kappa shape index (κ3) is 8.56. The molecular formula is C18H29BrN2O4. The molecule has 0 aromatic heterocycles. The van der Waals surface area contributed by atoms with Crippen LogP contribution < -0.4 is 10.1 Å². The molecule has 142 valence electrons. The normalized spacial score (nSPS) is 11.3. The summed E-state index contributed by atoms with van der Waals surface area (Å²) in [5.74, 6) is 0.811. The van der Waals surface area contributed by atoms with Crippen molar-refractivity contribution in [2.75, 3.05) is 40.5 Å². The Balaban J connectivity index is 2.49. The van der Waals surface area contributed by atoms with Gasteiger partial charge in [-0.2, -0.15) is 0 Å². The van der Waals surface area contributed by atoms with Crippen LogP contribution in [0.3, 0.4) is 0 Å². The van der Waals surface area contributed by atoms with Gasteiger partial charge in [-0.3, -0.25) is 0 Å².